The van der Waals surface area contributed by atoms with E-state index in [1.54, 1.807) is 215 Å². The number of pyridine rings is 5. The Balaban J connectivity index is 0.000000135. The van der Waals surface area contributed by atoms with Gasteiger partial charge in [0.15, 0.2) is 50.1 Å². The van der Waals surface area contributed by atoms with Crippen LogP contribution in [0.25, 0.3) is 142 Å². The SMILES string of the molecule is COc1c(Cl)ccc2c(=O)c3cc(Br)c(C(C)C)cc3n(CC(=O)O)c12.COc1c(Cl)ccc2c(=O)c3ccc(-c4ccc(O)cc4)cc3n(CC(=O)O)c12.COc1c(Cl)ccc2c(=O)c3ccc(-c4cccc(O)c4)cc3n(CC(=O)O)c12.COc1c(Cl)ccc2c(=O)c3ccc(Nc4ccccc4Cl)cc3n(CC(=O)O)c12.CSc1c(Cl)ccc2c(=O)c3ccc(-c4ccc(O)cc4)cc3n(CC(=O)O)c12. The van der Waals surface area contributed by atoms with E-state index in [1.807, 2.05) is 56.5 Å². The minimum absolute atomic E-state index is 0.109. The van der Waals surface area contributed by atoms with Crippen LogP contribution in [0.2, 0.25) is 30.1 Å². The van der Waals surface area contributed by atoms with Crippen LogP contribution in [0.15, 0.2) is 276 Å². The number of benzene rings is 14. The largest absolute Gasteiger partial charge is 0.508 e. The van der Waals surface area contributed by atoms with Crippen LogP contribution in [0, 0.1) is 0 Å². The number of phenolic OH excluding ortho intramolecular Hbond substituents is 3. The smallest absolute Gasteiger partial charge is 0.323 e. The highest BCUT2D eigenvalue weighted by atomic mass is 79.9. The number of nitrogens with zero attached hydrogens (tertiary/aromatic N) is 5. The summed E-state index contributed by atoms with van der Waals surface area (Å²) < 4.78 is 30.2. The van der Waals surface area contributed by atoms with Crippen LogP contribution in [0.4, 0.5) is 11.4 Å². The molecule has 0 radical (unpaired) electrons. The predicted octanol–water partition coefficient (Wildman–Crippen LogP) is 23.6. The number of aromatic hydroxyl groups is 3. The van der Waals surface area contributed by atoms with Crippen LogP contribution in [0.5, 0.6) is 40.2 Å². The number of ether oxygens (including phenoxy) is 4. The minimum atomic E-state index is -1.07. The van der Waals surface area contributed by atoms with E-state index in [4.69, 9.17) is 88.6 Å². The van der Waals surface area contributed by atoms with Gasteiger partial charge in [-0.25, -0.2) is 0 Å². The number of carboxylic acids is 5. The molecule has 19 aromatic rings. The number of aliphatic carboxylic acids is 5. The van der Waals surface area contributed by atoms with E-state index in [9.17, 15) is 88.8 Å². The number of nitrogens with one attached hydrogen (secondary N) is 1. The van der Waals surface area contributed by atoms with Crippen LogP contribution in [-0.4, -0.2) is 128 Å². The van der Waals surface area contributed by atoms with Crippen LogP contribution < -0.4 is 51.4 Å². The van der Waals surface area contributed by atoms with E-state index in [1.165, 1.54) is 53.9 Å². The number of carboxylic acid groups (broad SMARTS) is 5. The second kappa shape index (κ2) is 43.1. The van der Waals surface area contributed by atoms with Crippen molar-refractivity contribution >= 4 is 248 Å². The summed E-state index contributed by atoms with van der Waals surface area (Å²) in [7, 11) is 5.72. The Morgan fingerprint density at radius 2 is 0.622 bits per heavy atom. The lowest BCUT2D eigenvalue weighted by Crippen LogP contribution is -2.17. The van der Waals surface area contributed by atoms with E-state index in [0.717, 1.165) is 43.4 Å². The van der Waals surface area contributed by atoms with Gasteiger partial charge in [0, 0.05) is 42.5 Å². The molecule has 5 aromatic heterocycles. The summed E-state index contributed by atoms with van der Waals surface area (Å²) in [6, 6.07) is 67.6. The molecule has 0 aliphatic rings. The number of hydrogen-bond acceptors (Lipinski definition) is 19. The third-order valence-electron chi connectivity index (χ3n) is 23.6. The number of thioether (sulfide) groups is 1. The van der Waals surface area contributed by atoms with E-state index in [-0.39, 0.29) is 115 Å². The molecule has 0 atom stereocenters. The van der Waals surface area contributed by atoms with Gasteiger partial charge < -0.3 is 88.0 Å². The van der Waals surface area contributed by atoms with Crippen LogP contribution in [-0.2, 0) is 56.7 Å². The number of phenols is 3. The number of anilines is 2. The molecular formula is C107H81BrCl6N6O22S. The van der Waals surface area contributed by atoms with Crippen molar-refractivity contribution in [2.45, 2.75) is 57.4 Å². The number of fused-ring (bicyclic) bond motifs is 10. The number of halogens is 7. The molecule has 0 unspecified atom stereocenters. The molecule has 9 N–H and O–H groups in total. The van der Waals surface area contributed by atoms with Crippen molar-refractivity contribution in [1.29, 1.82) is 0 Å². The van der Waals surface area contributed by atoms with Gasteiger partial charge in [-0.1, -0.05) is 166 Å². The number of aromatic nitrogens is 5. The molecule has 0 aliphatic heterocycles. The molecule has 0 fully saturated rings. The lowest BCUT2D eigenvalue weighted by Gasteiger charge is -2.18. The van der Waals surface area contributed by atoms with Gasteiger partial charge in [0.2, 0.25) is 0 Å². The number of carbonyl (C=O) groups is 5. The monoisotopic (exact) mass is 2120 g/mol. The molecule has 0 amide bonds. The first kappa shape index (κ1) is 102. The van der Waals surface area contributed by atoms with Crippen molar-refractivity contribution in [2.24, 2.45) is 0 Å². The van der Waals surface area contributed by atoms with Crippen molar-refractivity contribution in [2.75, 3.05) is 40.0 Å². The summed E-state index contributed by atoms with van der Waals surface area (Å²) in [5.41, 5.74) is 10.2. The summed E-state index contributed by atoms with van der Waals surface area (Å²) >= 11 is 42.4. The normalized spacial score (nSPS) is 11.2. The fraction of sp³-hybridized carbons (Fsp3) is 0.121. The molecular weight excluding hydrogens is 2050 g/mol. The zero-order valence-electron chi connectivity index (χ0n) is 76.3. The third-order valence-corrected chi connectivity index (χ3v) is 27.1. The predicted molar refractivity (Wildman–Crippen MR) is 568 cm³/mol. The maximum Gasteiger partial charge on any atom is 0.323 e. The van der Waals surface area contributed by atoms with E-state index in [2.05, 4.69) is 21.2 Å². The van der Waals surface area contributed by atoms with Gasteiger partial charge in [-0.3, -0.25) is 47.9 Å². The van der Waals surface area contributed by atoms with Gasteiger partial charge in [0.1, 0.15) is 50.0 Å². The van der Waals surface area contributed by atoms with Gasteiger partial charge in [-0.05, 0) is 227 Å². The number of para-hydroxylation sites is 1. The van der Waals surface area contributed by atoms with Gasteiger partial charge in [-0.15, -0.1) is 11.8 Å². The number of rotatable bonds is 21. The lowest BCUT2D eigenvalue weighted by molar-refractivity contribution is -0.138. The van der Waals surface area contributed by atoms with Crippen LogP contribution in [0.3, 0.4) is 0 Å². The average Bonchev–Trinajstić information content (AvgIpc) is 0.764. The molecule has 0 aliphatic carbocycles. The standard InChI is InChI=1S/C22H16Cl2N2O4.2C22H16ClNO5.C22H16ClNO4S.C19H17BrClNO4/c1-30-22-16(24)9-8-14-20(22)26(11-19(27)28)18-10-12(6-7-13(18)21(14)29)25-17-5-3-2-4-15(17)23;1-29-22-17(23)9-8-16-20(22)24(11-19(26)27)18-10-13(4-7-15(18)21(16)28)12-2-5-14(25)6-3-12;1-29-22-17(23)8-7-16-20(22)24(11-19(26)27)18-10-13(5-6-15(18)21(16)28)12-3-2-4-14(25)9-12;1-29-22-17(23)9-8-16-20(22)24(11-19(26)27)18-10-13(4-7-15(18)21(16)28)12-2-5-14(25)6-3-12;1-9(2)11-7-15-12(6-13(11)20)18(25)10-4-5-14(21)19(26-3)17(10)22(15)8-16(23)24/h2-10,25H,11H2,1H3,(H,27,28);3*2-10,25H,11H2,1H3,(H,26,27);4-7,9H,8H2,1-3H3,(H,23,24). The Labute approximate surface area is 852 Å². The van der Waals surface area contributed by atoms with Crippen LogP contribution >= 0.6 is 97.3 Å². The molecule has 0 spiro atoms. The molecule has 0 saturated heterocycles. The molecule has 28 nitrogen and oxygen atoms in total. The first-order chi connectivity index (χ1) is 68.4. The highest BCUT2D eigenvalue weighted by molar-refractivity contribution is 9.10. The Kier molecular flexibility index (Phi) is 30.8. The quantitative estimate of drug-likeness (QED) is 0.0238. The molecule has 143 heavy (non-hydrogen) atoms. The summed E-state index contributed by atoms with van der Waals surface area (Å²) in [4.78, 5) is 124. The molecule has 36 heteroatoms. The zero-order chi connectivity index (χ0) is 103. The summed E-state index contributed by atoms with van der Waals surface area (Å²) in [6.07, 6.45) is 1.84. The van der Waals surface area contributed by atoms with Crippen LogP contribution in [0.1, 0.15) is 25.3 Å². The maximum absolute atomic E-state index is 13.2. The fourth-order valence-electron chi connectivity index (χ4n) is 17.3. The topological polar surface area (TPSA) is 406 Å². The van der Waals surface area contributed by atoms with Gasteiger partial charge >= 0.3 is 29.8 Å². The Bertz CT molecular complexity index is 8610. The van der Waals surface area contributed by atoms with Gasteiger partial charge in [-0.2, -0.15) is 0 Å². The second-order valence-electron chi connectivity index (χ2n) is 32.7. The third kappa shape index (κ3) is 20.7. The highest BCUT2D eigenvalue weighted by Gasteiger charge is 2.28. The zero-order valence-corrected chi connectivity index (χ0v) is 83.2. The molecule has 0 bridgehead atoms. The molecule has 19 rings (SSSR count). The number of methoxy groups -OCH3 is 4. The first-order valence-corrected chi connectivity index (χ1v) is 47.5. The summed E-state index contributed by atoms with van der Waals surface area (Å²) in [5, 5.41) is 85.5. The maximum atomic E-state index is 13.2. The van der Waals surface area contributed by atoms with Crippen molar-refractivity contribution in [3.8, 4) is 73.6 Å². The van der Waals surface area contributed by atoms with Crippen molar-refractivity contribution in [3.05, 3.63) is 334 Å². The number of hydrogen-bond donors (Lipinski definition) is 9. The summed E-state index contributed by atoms with van der Waals surface area (Å²) in [5.74, 6) is -3.60. The molecule has 0 saturated carbocycles. The van der Waals surface area contributed by atoms with E-state index >= 15 is 0 Å². The molecule has 5 heterocycles. The molecule has 14 aromatic carbocycles. The van der Waals surface area contributed by atoms with E-state index in [0.29, 0.717) is 146 Å². The van der Waals surface area contributed by atoms with Crippen molar-refractivity contribution in [3.63, 3.8) is 0 Å². The van der Waals surface area contributed by atoms with E-state index < -0.39 is 29.8 Å². The van der Waals surface area contributed by atoms with Gasteiger partial charge in [0.05, 0.1) is 146 Å². The minimum Gasteiger partial charge on any atom is -0.508 e. The van der Waals surface area contributed by atoms with Crippen molar-refractivity contribution < 1.29 is 83.8 Å². The average molecular weight is 2130 g/mol. The van der Waals surface area contributed by atoms with Crippen molar-refractivity contribution in [1.82, 2.24) is 22.8 Å². The first-order valence-electron chi connectivity index (χ1n) is 43.2. The lowest BCUT2D eigenvalue weighted by atomic mass is 10.00. The second-order valence-corrected chi connectivity index (χ2v) is 36.8. The Morgan fingerprint density at radius 1 is 0.322 bits per heavy atom. The van der Waals surface area contributed by atoms with Gasteiger partial charge in [0.25, 0.3) is 0 Å². The Morgan fingerprint density at radius 3 is 0.965 bits per heavy atom. The highest BCUT2D eigenvalue weighted by Crippen LogP contribution is 2.44. The molecule has 726 valence electrons. The fourth-order valence-corrected chi connectivity index (χ4v) is 20.3. The summed E-state index contributed by atoms with van der Waals surface area (Å²) in [6.45, 7) is 2.31. The Hall–Kier alpha value is -15.3.